The number of morpholine rings is 1. The molecular weight excluding hydrogens is 358 g/mol. The first-order valence-corrected chi connectivity index (χ1v) is 9.88. The number of anilines is 2. The maximum Gasteiger partial charge on any atom is 0.244 e. The van der Waals surface area contributed by atoms with Gasteiger partial charge in [-0.2, -0.15) is 0 Å². The van der Waals surface area contributed by atoms with Crippen LogP contribution in [0.25, 0.3) is 0 Å². The average Bonchev–Trinajstić information content (AvgIpc) is 3.39. The smallest absolute Gasteiger partial charge is 0.244 e. The lowest BCUT2D eigenvalue weighted by atomic mass is 9.85. The second kappa shape index (κ2) is 6.74. The van der Waals surface area contributed by atoms with Crippen LogP contribution < -0.4 is 10.2 Å². The monoisotopic (exact) mass is 381 g/mol. The highest BCUT2D eigenvalue weighted by atomic mass is 16.5. The van der Waals surface area contributed by atoms with Gasteiger partial charge in [0, 0.05) is 13.1 Å². The van der Waals surface area contributed by atoms with Gasteiger partial charge in [0.05, 0.1) is 36.4 Å². The fraction of sp³-hybridized carbons (Fsp3) is 0.476. The van der Waals surface area contributed by atoms with Crippen molar-refractivity contribution in [2.45, 2.75) is 6.42 Å². The van der Waals surface area contributed by atoms with Gasteiger partial charge in [-0.25, -0.2) is 0 Å². The number of para-hydroxylation sites is 2. The predicted octanol–water partition coefficient (Wildman–Crippen LogP) is 1.27. The number of rotatable bonds is 4. The average molecular weight is 381 g/mol. The van der Waals surface area contributed by atoms with Crippen molar-refractivity contribution < 1.29 is 19.1 Å². The van der Waals surface area contributed by atoms with Gasteiger partial charge in [-0.05, 0) is 30.4 Å². The molecule has 2 aliphatic heterocycles. The molecule has 5 rings (SSSR count). The molecule has 0 radical (unpaired) electrons. The third kappa shape index (κ3) is 2.73. The van der Waals surface area contributed by atoms with Crippen molar-refractivity contribution in [2.75, 3.05) is 43.1 Å². The molecule has 0 spiro atoms. The van der Waals surface area contributed by atoms with Gasteiger partial charge in [0.2, 0.25) is 17.7 Å². The maximum atomic E-state index is 12.8. The zero-order chi connectivity index (χ0) is 19.3. The van der Waals surface area contributed by atoms with E-state index in [0.717, 1.165) is 30.1 Å². The van der Waals surface area contributed by atoms with Crippen molar-refractivity contribution in [3.05, 3.63) is 36.4 Å². The summed E-state index contributed by atoms with van der Waals surface area (Å²) in [4.78, 5) is 41.5. The lowest BCUT2D eigenvalue weighted by molar-refractivity contribution is -0.143. The number of allylic oxidation sites excluding steroid dienone is 2. The number of likely N-dealkylation sites (tertiary alicyclic amines) is 1. The summed E-state index contributed by atoms with van der Waals surface area (Å²) in [5.41, 5.74) is 1.62. The molecular formula is C21H23N3O4. The molecule has 4 atom stereocenters. The van der Waals surface area contributed by atoms with Crippen molar-refractivity contribution >= 4 is 29.1 Å². The lowest BCUT2D eigenvalue weighted by Gasteiger charge is -2.30. The summed E-state index contributed by atoms with van der Waals surface area (Å²) in [5, 5.41) is 2.90. The molecule has 146 valence electrons. The van der Waals surface area contributed by atoms with E-state index in [0.29, 0.717) is 18.9 Å². The SMILES string of the molecule is O=C(CN1C(=O)[C@@H]2[C@@H](C1=O)[C@H]1C=C[C@H]2C1)Nc1ccccc1N1CCOCC1. The van der Waals surface area contributed by atoms with E-state index in [9.17, 15) is 14.4 Å². The van der Waals surface area contributed by atoms with Gasteiger partial charge < -0.3 is 15.0 Å². The third-order valence-corrected chi connectivity index (χ3v) is 6.39. The summed E-state index contributed by atoms with van der Waals surface area (Å²) in [7, 11) is 0. The van der Waals surface area contributed by atoms with E-state index in [2.05, 4.69) is 22.4 Å². The molecule has 1 aromatic carbocycles. The second-order valence-electron chi connectivity index (χ2n) is 7.93. The van der Waals surface area contributed by atoms with Crippen LogP contribution in [0, 0.1) is 23.7 Å². The number of ether oxygens (including phenoxy) is 1. The van der Waals surface area contributed by atoms with E-state index in [1.165, 1.54) is 0 Å². The molecule has 3 amide bonds. The van der Waals surface area contributed by atoms with Crippen LogP contribution in [0.2, 0.25) is 0 Å². The Bertz CT molecular complexity index is 831. The van der Waals surface area contributed by atoms with E-state index in [1.54, 1.807) is 0 Å². The maximum absolute atomic E-state index is 12.8. The number of carbonyl (C=O) groups excluding carboxylic acids is 3. The summed E-state index contributed by atoms with van der Waals surface area (Å²) < 4.78 is 5.40. The molecule has 1 N–H and O–H groups in total. The summed E-state index contributed by atoms with van der Waals surface area (Å²) in [5.74, 6) is -0.954. The van der Waals surface area contributed by atoms with E-state index in [-0.39, 0.29) is 47.9 Å². The number of hydrogen-bond acceptors (Lipinski definition) is 5. The normalized spacial score (nSPS) is 30.9. The minimum absolute atomic E-state index is 0.154. The van der Waals surface area contributed by atoms with Crippen molar-refractivity contribution in [3.63, 3.8) is 0 Å². The van der Waals surface area contributed by atoms with Crippen LogP contribution >= 0.6 is 0 Å². The molecule has 4 aliphatic rings. The minimum Gasteiger partial charge on any atom is -0.378 e. The lowest BCUT2D eigenvalue weighted by Crippen LogP contribution is -2.40. The fourth-order valence-electron chi connectivity index (χ4n) is 5.11. The molecule has 1 saturated carbocycles. The molecule has 2 bridgehead atoms. The standard InChI is InChI=1S/C21H23N3O4/c25-17(22-15-3-1-2-4-16(15)23-7-9-28-10-8-23)12-24-20(26)18-13-5-6-14(11-13)19(18)21(24)27/h1-6,13-14,18-19H,7-12H2,(H,22,25)/t13-,14-,18-,19-/m0/s1. The molecule has 0 aromatic heterocycles. The van der Waals surface area contributed by atoms with Crippen LogP contribution in [0.3, 0.4) is 0 Å². The molecule has 2 aliphatic carbocycles. The van der Waals surface area contributed by atoms with Gasteiger partial charge in [0.1, 0.15) is 6.54 Å². The number of imide groups is 1. The van der Waals surface area contributed by atoms with Crippen molar-refractivity contribution in [2.24, 2.45) is 23.7 Å². The largest absolute Gasteiger partial charge is 0.378 e. The van der Waals surface area contributed by atoms with E-state index >= 15 is 0 Å². The van der Waals surface area contributed by atoms with Crippen LogP contribution in [-0.4, -0.2) is 55.5 Å². The Labute approximate surface area is 163 Å². The van der Waals surface area contributed by atoms with Gasteiger partial charge in [-0.3, -0.25) is 19.3 Å². The highest BCUT2D eigenvalue weighted by molar-refractivity contribution is 6.09. The van der Waals surface area contributed by atoms with Gasteiger partial charge in [-0.15, -0.1) is 0 Å². The Morgan fingerprint density at radius 1 is 1.04 bits per heavy atom. The second-order valence-corrected chi connectivity index (χ2v) is 7.93. The van der Waals surface area contributed by atoms with Crippen LogP contribution in [-0.2, 0) is 19.1 Å². The third-order valence-electron chi connectivity index (χ3n) is 6.39. The zero-order valence-electron chi connectivity index (χ0n) is 15.5. The van der Waals surface area contributed by atoms with Crippen molar-refractivity contribution in [3.8, 4) is 0 Å². The van der Waals surface area contributed by atoms with Gasteiger partial charge >= 0.3 is 0 Å². The highest BCUT2D eigenvalue weighted by Crippen LogP contribution is 2.52. The number of benzene rings is 1. The summed E-state index contributed by atoms with van der Waals surface area (Å²) in [6, 6.07) is 7.59. The molecule has 7 heteroatoms. The predicted molar refractivity (Wildman–Crippen MR) is 103 cm³/mol. The van der Waals surface area contributed by atoms with Gasteiger partial charge in [0.25, 0.3) is 0 Å². The van der Waals surface area contributed by atoms with Crippen LogP contribution in [0.1, 0.15) is 6.42 Å². The first kappa shape index (κ1) is 17.4. The summed E-state index contributed by atoms with van der Waals surface area (Å²) >= 11 is 0. The Hall–Kier alpha value is -2.67. The first-order valence-electron chi connectivity index (χ1n) is 9.88. The van der Waals surface area contributed by atoms with Crippen molar-refractivity contribution in [1.29, 1.82) is 0 Å². The number of hydrogen-bond donors (Lipinski definition) is 1. The summed E-state index contributed by atoms with van der Waals surface area (Å²) in [6.07, 6.45) is 5.00. The van der Waals surface area contributed by atoms with Gasteiger partial charge in [0.15, 0.2) is 0 Å². The molecule has 1 aromatic rings. The van der Waals surface area contributed by atoms with Gasteiger partial charge in [-0.1, -0.05) is 24.3 Å². The minimum atomic E-state index is -0.345. The van der Waals surface area contributed by atoms with Crippen LogP contribution in [0.15, 0.2) is 36.4 Å². The Morgan fingerprint density at radius 3 is 2.36 bits per heavy atom. The van der Waals surface area contributed by atoms with Crippen LogP contribution in [0.4, 0.5) is 11.4 Å². The topological polar surface area (TPSA) is 79.0 Å². The summed E-state index contributed by atoms with van der Waals surface area (Å²) in [6.45, 7) is 2.60. The van der Waals surface area contributed by atoms with E-state index in [1.807, 2.05) is 24.3 Å². The number of carbonyl (C=O) groups is 3. The molecule has 0 unspecified atom stereocenters. The molecule has 7 nitrogen and oxygen atoms in total. The Morgan fingerprint density at radius 2 is 1.68 bits per heavy atom. The molecule has 2 saturated heterocycles. The number of amides is 3. The fourth-order valence-corrected chi connectivity index (χ4v) is 5.11. The van der Waals surface area contributed by atoms with E-state index in [4.69, 9.17) is 4.74 Å². The quantitative estimate of drug-likeness (QED) is 0.628. The Kier molecular flexibility index (Phi) is 4.19. The highest BCUT2D eigenvalue weighted by Gasteiger charge is 2.59. The number of fused-ring (bicyclic) bond motifs is 5. The molecule has 2 heterocycles. The van der Waals surface area contributed by atoms with Crippen molar-refractivity contribution in [1.82, 2.24) is 4.90 Å². The first-order chi connectivity index (χ1) is 13.6. The zero-order valence-corrected chi connectivity index (χ0v) is 15.5. The Balaban J connectivity index is 1.29. The molecule has 28 heavy (non-hydrogen) atoms. The molecule has 3 fully saturated rings. The van der Waals surface area contributed by atoms with Crippen LogP contribution in [0.5, 0.6) is 0 Å². The number of nitrogens with zero attached hydrogens (tertiary/aromatic N) is 2. The van der Waals surface area contributed by atoms with E-state index < -0.39 is 0 Å². The number of nitrogens with one attached hydrogen (secondary N) is 1.